The summed E-state index contributed by atoms with van der Waals surface area (Å²) in [5, 5.41) is 12.2. The summed E-state index contributed by atoms with van der Waals surface area (Å²) in [5.41, 5.74) is -0.866. The van der Waals surface area contributed by atoms with Crippen LogP contribution in [0.5, 0.6) is 0 Å². The van der Waals surface area contributed by atoms with Gasteiger partial charge >= 0.3 is 12.0 Å². The largest absolute Gasteiger partial charge is 0.481 e. The Labute approximate surface area is 128 Å². The van der Waals surface area contributed by atoms with Gasteiger partial charge in [0.1, 0.15) is 0 Å². The first-order chi connectivity index (χ1) is 9.82. The van der Waals surface area contributed by atoms with Gasteiger partial charge in [0, 0.05) is 26.2 Å². The quantitative estimate of drug-likeness (QED) is 0.646. The Balaban J connectivity index is 4.63. The lowest BCUT2D eigenvalue weighted by atomic mass is 9.82. The van der Waals surface area contributed by atoms with Crippen LogP contribution in [0.25, 0.3) is 0 Å². The molecule has 0 fully saturated rings. The number of carbonyl (C=O) groups is 2. The number of hydrogen-bond donors (Lipinski definition) is 2. The number of amides is 2. The number of urea groups is 1. The van der Waals surface area contributed by atoms with E-state index in [0.29, 0.717) is 25.9 Å². The zero-order valence-electron chi connectivity index (χ0n) is 14.1. The van der Waals surface area contributed by atoms with Crippen LogP contribution in [0.1, 0.15) is 40.0 Å². The number of hydrogen-bond acceptors (Lipinski definition) is 3. The molecule has 6 heteroatoms. The SMILES string of the molecule is CCCN(CCN(C)C)C(=O)NCC(CC)(CC)C(=O)O. The summed E-state index contributed by atoms with van der Waals surface area (Å²) in [6.07, 6.45) is 1.89. The maximum Gasteiger partial charge on any atom is 0.317 e. The van der Waals surface area contributed by atoms with Crippen molar-refractivity contribution in [1.29, 1.82) is 0 Å². The molecular weight excluding hydrogens is 270 g/mol. The average molecular weight is 301 g/mol. The molecule has 0 atom stereocenters. The van der Waals surface area contributed by atoms with E-state index in [0.717, 1.165) is 13.0 Å². The van der Waals surface area contributed by atoms with E-state index in [1.807, 2.05) is 39.8 Å². The Bertz CT molecular complexity index is 328. The van der Waals surface area contributed by atoms with Gasteiger partial charge in [0.05, 0.1) is 5.41 Å². The van der Waals surface area contributed by atoms with E-state index in [2.05, 4.69) is 5.32 Å². The number of aliphatic carboxylic acids is 1. The molecule has 0 aromatic carbocycles. The van der Waals surface area contributed by atoms with Crippen LogP contribution in [-0.2, 0) is 4.79 Å². The van der Waals surface area contributed by atoms with Gasteiger partial charge in [0.2, 0.25) is 0 Å². The lowest BCUT2D eigenvalue weighted by molar-refractivity contribution is -0.149. The van der Waals surface area contributed by atoms with Crippen molar-refractivity contribution in [1.82, 2.24) is 15.1 Å². The van der Waals surface area contributed by atoms with Crippen molar-refractivity contribution in [2.75, 3.05) is 40.3 Å². The van der Waals surface area contributed by atoms with Gasteiger partial charge in [0.15, 0.2) is 0 Å². The number of rotatable bonds is 10. The molecule has 0 heterocycles. The van der Waals surface area contributed by atoms with Crippen molar-refractivity contribution in [2.45, 2.75) is 40.0 Å². The average Bonchev–Trinajstić information content (AvgIpc) is 2.44. The molecule has 0 aliphatic carbocycles. The number of carboxylic acids is 1. The Hall–Kier alpha value is -1.30. The second kappa shape index (κ2) is 9.60. The summed E-state index contributed by atoms with van der Waals surface area (Å²) in [4.78, 5) is 27.5. The lowest BCUT2D eigenvalue weighted by Gasteiger charge is -2.29. The monoisotopic (exact) mass is 301 g/mol. The Kier molecular flexibility index (Phi) is 9.01. The van der Waals surface area contributed by atoms with E-state index in [-0.39, 0.29) is 12.6 Å². The van der Waals surface area contributed by atoms with Crippen molar-refractivity contribution in [3.63, 3.8) is 0 Å². The second-order valence-electron chi connectivity index (χ2n) is 5.74. The van der Waals surface area contributed by atoms with Gasteiger partial charge in [-0.15, -0.1) is 0 Å². The Morgan fingerprint density at radius 3 is 2.00 bits per heavy atom. The standard InChI is InChI=1S/C15H31N3O3/c1-6-9-18(11-10-17(4)5)14(21)16-12-15(7-2,8-3)13(19)20/h6-12H2,1-5H3,(H,16,21)(H,19,20). The van der Waals surface area contributed by atoms with Crippen LogP contribution in [0.15, 0.2) is 0 Å². The van der Waals surface area contributed by atoms with Crippen LogP contribution in [0.3, 0.4) is 0 Å². The molecule has 0 spiro atoms. The normalized spacial score (nSPS) is 11.5. The highest BCUT2D eigenvalue weighted by molar-refractivity contribution is 5.78. The maximum atomic E-state index is 12.3. The molecule has 0 saturated carbocycles. The number of carboxylic acid groups (broad SMARTS) is 1. The van der Waals surface area contributed by atoms with E-state index in [4.69, 9.17) is 0 Å². The predicted molar refractivity (Wildman–Crippen MR) is 84.5 cm³/mol. The van der Waals surface area contributed by atoms with Gasteiger partial charge in [-0.05, 0) is 33.4 Å². The van der Waals surface area contributed by atoms with Gasteiger partial charge < -0.3 is 20.2 Å². The smallest absolute Gasteiger partial charge is 0.317 e. The van der Waals surface area contributed by atoms with E-state index in [1.54, 1.807) is 4.90 Å². The minimum absolute atomic E-state index is 0.175. The fourth-order valence-electron chi connectivity index (χ4n) is 2.14. The first-order valence-corrected chi connectivity index (χ1v) is 7.73. The zero-order chi connectivity index (χ0) is 16.5. The van der Waals surface area contributed by atoms with Gasteiger partial charge in [-0.1, -0.05) is 20.8 Å². The van der Waals surface area contributed by atoms with Crippen LogP contribution in [0.4, 0.5) is 4.79 Å². The van der Waals surface area contributed by atoms with E-state index in [9.17, 15) is 14.7 Å². The van der Waals surface area contributed by atoms with Crippen molar-refractivity contribution in [3.8, 4) is 0 Å². The van der Waals surface area contributed by atoms with Crippen LogP contribution < -0.4 is 5.32 Å². The first-order valence-electron chi connectivity index (χ1n) is 7.73. The number of nitrogens with one attached hydrogen (secondary N) is 1. The third kappa shape index (κ3) is 6.33. The first kappa shape index (κ1) is 19.7. The molecule has 2 N–H and O–H groups in total. The van der Waals surface area contributed by atoms with Crippen LogP contribution >= 0.6 is 0 Å². The molecule has 0 aromatic rings. The molecule has 0 aliphatic rings. The molecule has 0 aromatic heterocycles. The highest BCUT2D eigenvalue weighted by atomic mass is 16.4. The minimum Gasteiger partial charge on any atom is -0.481 e. The number of nitrogens with zero attached hydrogens (tertiary/aromatic N) is 2. The van der Waals surface area contributed by atoms with Crippen LogP contribution in [-0.4, -0.2) is 67.2 Å². The van der Waals surface area contributed by atoms with E-state index in [1.165, 1.54) is 0 Å². The van der Waals surface area contributed by atoms with E-state index >= 15 is 0 Å². The molecule has 6 nitrogen and oxygen atoms in total. The summed E-state index contributed by atoms with van der Waals surface area (Å²) in [7, 11) is 3.93. The topological polar surface area (TPSA) is 72.9 Å². The lowest BCUT2D eigenvalue weighted by Crippen LogP contribution is -2.48. The molecule has 21 heavy (non-hydrogen) atoms. The summed E-state index contributed by atoms with van der Waals surface area (Å²) < 4.78 is 0. The van der Waals surface area contributed by atoms with Crippen LogP contribution in [0.2, 0.25) is 0 Å². The Morgan fingerprint density at radius 2 is 1.62 bits per heavy atom. The molecule has 0 bridgehead atoms. The molecule has 0 unspecified atom stereocenters. The molecular formula is C15H31N3O3. The third-order valence-corrected chi connectivity index (χ3v) is 3.98. The predicted octanol–water partition coefficient (Wildman–Crippen LogP) is 1.86. The Morgan fingerprint density at radius 1 is 1.05 bits per heavy atom. The second-order valence-corrected chi connectivity index (χ2v) is 5.74. The van der Waals surface area contributed by atoms with Crippen molar-refractivity contribution in [2.24, 2.45) is 5.41 Å². The highest BCUT2D eigenvalue weighted by Crippen LogP contribution is 2.25. The molecule has 2 amide bonds. The van der Waals surface area contributed by atoms with E-state index < -0.39 is 11.4 Å². The van der Waals surface area contributed by atoms with Crippen LogP contribution in [0, 0.1) is 5.41 Å². The molecule has 0 saturated heterocycles. The number of likely N-dealkylation sites (N-methyl/N-ethyl adjacent to an activating group) is 1. The minimum atomic E-state index is -0.866. The molecule has 0 radical (unpaired) electrons. The summed E-state index contributed by atoms with van der Waals surface area (Å²) in [5.74, 6) is -0.844. The highest BCUT2D eigenvalue weighted by Gasteiger charge is 2.35. The van der Waals surface area contributed by atoms with Gasteiger partial charge in [0.25, 0.3) is 0 Å². The summed E-state index contributed by atoms with van der Waals surface area (Å²) in [6.45, 7) is 8.01. The zero-order valence-corrected chi connectivity index (χ0v) is 14.1. The maximum absolute atomic E-state index is 12.3. The summed E-state index contributed by atoms with van der Waals surface area (Å²) >= 11 is 0. The third-order valence-electron chi connectivity index (χ3n) is 3.98. The molecule has 124 valence electrons. The molecule has 0 rings (SSSR count). The fraction of sp³-hybridized carbons (Fsp3) is 0.867. The van der Waals surface area contributed by atoms with Gasteiger partial charge in [-0.25, -0.2) is 4.79 Å². The van der Waals surface area contributed by atoms with Crippen molar-refractivity contribution in [3.05, 3.63) is 0 Å². The summed E-state index contributed by atoms with van der Waals surface area (Å²) in [6, 6.07) is -0.175. The number of carbonyl (C=O) groups excluding carboxylic acids is 1. The van der Waals surface area contributed by atoms with Crippen molar-refractivity contribution >= 4 is 12.0 Å². The van der Waals surface area contributed by atoms with Crippen molar-refractivity contribution < 1.29 is 14.7 Å². The van der Waals surface area contributed by atoms with Gasteiger partial charge in [-0.3, -0.25) is 4.79 Å². The van der Waals surface area contributed by atoms with Gasteiger partial charge in [-0.2, -0.15) is 0 Å². The fourth-order valence-corrected chi connectivity index (χ4v) is 2.14. The molecule has 0 aliphatic heterocycles.